The zero-order valence-electron chi connectivity index (χ0n) is 11.3. The third-order valence-corrected chi connectivity index (χ3v) is 3.60. The first-order valence-electron chi connectivity index (χ1n) is 6.55. The van der Waals surface area contributed by atoms with Crippen molar-refractivity contribution in [3.05, 3.63) is 41.7 Å². The van der Waals surface area contributed by atoms with E-state index < -0.39 is 0 Å². The van der Waals surface area contributed by atoms with E-state index in [1.54, 1.807) is 0 Å². The van der Waals surface area contributed by atoms with Gasteiger partial charge in [0.15, 0.2) is 0 Å². The fraction of sp³-hybridized carbons (Fsp3) is 0.429. The molecular weight excluding hydrogens is 256 g/mol. The van der Waals surface area contributed by atoms with Crippen LogP contribution in [0, 0.1) is 0 Å². The Morgan fingerprint density at radius 1 is 1.26 bits per heavy atom. The maximum atomic E-state index is 6.14. The van der Waals surface area contributed by atoms with Crippen molar-refractivity contribution in [3.63, 3.8) is 0 Å². The molecule has 1 aromatic carbocycles. The van der Waals surface area contributed by atoms with Crippen LogP contribution in [0.1, 0.15) is 43.6 Å². The number of nitrogens with zero attached hydrogens (tertiary/aromatic N) is 2. The summed E-state index contributed by atoms with van der Waals surface area (Å²) in [5.41, 5.74) is 7.31. The minimum absolute atomic E-state index is 0.0613. The molecular formula is C14H20N4S. The summed E-state index contributed by atoms with van der Waals surface area (Å²) in [4.78, 5) is 4.43. The third-order valence-electron chi connectivity index (χ3n) is 2.92. The summed E-state index contributed by atoms with van der Waals surface area (Å²) in [6.07, 6.45) is 0.876. The standard InChI is InChI=1S/C14H20N4S/c1-10(2)13-17-14(19-18-13)16-9-8-12(15)11-6-4-3-5-7-11/h3-7,10,12H,8-9,15H2,1-2H3,(H,16,17,18). The van der Waals surface area contributed by atoms with Crippen molar-refractivity contribution < 1.29 is 0 Å². The molecule has 2 rings (SSSR count). The maximum Gasteiger partial charge on any atom is 0.202 e. The van der Waals surface area contributed by atoms with Crippen LogP contribution in [0.25, 0.3) is 0 Å². The van der Waals surface area contributed by atoms with Gasteiger partial charge in [0.05, 0.1) is 0 Å². The van der Waals surface area contributed by atoms with Crippen molar-refractivity contribution in [2.75, 3.05) is 11.9 Å². The van der Waals surface area contributed by atoms with Gasteiger partial charge in [0, 0.05) is 30.0 Å². The van der Waals surface area contributed by atoms with E-state index in [4.69, 9.17) is 5.73 Å². The lowest BCUT2D eigenvalue weighted by Crippen LogP contribution is -2.15. The Hall–Kier alpha value is -1.46. The summed E-state index contributed by atoms with van der Waals surface area (Å²) in [6, 6.07) is 10.2. The second-order valence-corrected chi connectivity index (χ2v) is 5.60. The van der Waals surface area contributed by atoms with Crippen molar-refractivity contribution in [1.82, 2.24) is 9.36 Å². The lowest BCUT2D eigenvalue weighted by Gasteiger charge is -2.11. The Morgan fingerprint density at radius 2 is 2.00 bits per heavy atom. The van der Waals surface area contributed by atoms with Crippen LogP contribution < -0.4 is 11.1 Å². The lowest BCUT2D eigenvalue weighted by molar-refractivity contribution is 0.674. The topological polar surface area (TPSA) is 63.8 Å². The molecule has 3 N–H and O–H groups in total. The van der Waals surface area contributed by atoms with Crippen LogP contribution in [-0.4, -0.2) is 15.9 Å². The van der Waals surface area contributed by atoms with E-state index in [0.29, 0.717) is 5.92 Å². The summed E-state index contributed by atoms with van der Waals surface area (Å²) < 4.78 is 4.31. The molecule has 0 bridgehead atoms. The third kappa shape index (κ3) is 4.01. The van der Waals surface area contributed by atoms with Crippen LogP contribution in [-0.2, 0) is 0 Å². The molecule has 1 aromatic heterocycles. The smallest absolute Gasteiger partial charge is 0.202 e. The number of nitrogens with one attached hydrogen (secondary N) is 1. The SMILES string of the molecule is CC(C)c1nsc(NCCC(N)c2ccccc2)n1. The Bertz CT molecular complexity index is 495. The van der Waals surface area contributed by atoms with Crippen LogP contribution in [0.5, 0.6) is 0 Å². The molecule has 102 valence electrons. The van der Waals surface area contributed by atoms with Crippen LogP contribution >= 0.6 is 11.5 Å². The molecule has 4 nitrogen and oxygen atoms in total. The Labute approximate surface area is 118 Å². The first kappa shape index (κ1) is 14.0. The molecule has 1 atom stereocenters. The maximum absolute atomic E-state index is 6.14. The summed E-state index contributed by atoms with van der Waals surface area (Å²) in [7, 11) is 0. The molecule has 0 radical (unpaired) electrons. The van der Waals surface area contributed by atoms with Gasteiger partial charge >= 0.3 is 0 Å². The van der Waals surface area contributed by atoms with Crippen molar-refractivity contribution >= 4 is 16.7 Å². The number of rotatable bonds is 6. The molecule has 0 fully saturated rings. The van der Waals surface area contributed by atoms with Gasteiger partial charge in [-0.15, -0.1) is 0 Å². The second-order valence-electron chi connectivity index (χ2n) is 4.85. The van der Waals surface area contributed by atoms with Gasteiger partial charge in [0.25, 0.3) is 0 Å². The zero-order chi connectivity index (χ0) is 13.7. The predicted octanol–water partition coefficient (Wildman–Crippen LogP) is 3.16. The normalized spacial score (nSPS) is 12.6. The summed E-state index contributed by atoms with van der Waals surface area (Å²) in [5.74, 6) is 1.28. The largest absolute Gasteiger partial charge is 0.360 e. The average Bonchev–Trinajstić information content (AvgIpc) is 2.89. The highest BCUT2D eigenvalue weighted by Crippen LogP contribution is 2.18. The molecule has 0 spiro atoms. The molecule has 0 aliphatic carbocycles. The van der Waals surface area contributed by atoms with Gasteiger partial charge in [-0.05, 0) is 12.0 Å². The van der Waals surface area contributed by atoms with E-state index >= 15 is 0 Å². The van der Waals surface area contributed by atoms with Gasteiger partial charge in [-0.25, -0.2) is 4.98 Å². The molecule has 19 heavy (non-hydrogen) atoms. The Kier molecular flexibility index (Phi) is 4.87. The van der Waals surface area contributed by atoms with E-state index in [1.165, 1.54) is 17.1 Å². The van der Waals surface area contributed by atoms with Crippen LogP contribution in [0.4, 0.5) is 5.13 Å². The van der Waals surface area contributed by atoms with Crippen molar-refractivity contribution in [2.45, 2.75) is 32.2 Å². The van der Waals surface area contributed by atoms with Crippen LogP contribution in [0.3, 0.4) is 0 Å². The van der Waals surface area contributed by atoms with E-state index in [2.05, 4.69) is 40.7 Å². The molecule has 0 saturated heterocycles. The van der Waals surface area contributed by atoms with Gasteiger partial charge in [-0.3, -0.25) is 0 Å². The lowest BCUT2D eigenvalue weighted by atomic mass is 10.1. The van der Waals surface area contributed by atoms with Crippen molar-refractivity contribution in [3.8, 4) is 0 Å². The molecule has 1 unspecified atom stereocenters. The molecule has 5 heteroatoms. The molecule has 0 aliphatic heterocycles. The number of hydrogen-bond acceptors (Lipinski definition) is 5. The average molecular weight is 276 g/mol. The minimum atomic E-state index is 0.0613. The number of aromatic nitrogens is 2. The molecule has 0 saturated carbocycles. The predicted molar refractivity (Wildman–Crippen MR) is 80.5 cm³/mol. The minimum Gasteiger partial charge on any atom is -0.360 e. The summed E-state index contributed by atoms with van der Waals surface area (Å²) in [5, 5.41) is 4.16. The van der Waals surface area contributed by atoms with E-state index in [0.717, 1.165) is 23.9 Å². The highest BCUT2D eigenvalue weighted by molar-refractivity contribution is 7.09. The zero-order valence-corrected chi connectivity index (χ0v) is 12.2. The second kappa shape index (κ2) is 6.63. The number of anilines is 1. The van der Waals surface area contributed by atoms with E-state index in [9.17, 15) is 0 Å². The summed E-state index contributed by atoms with van der Waals surface area (Å²) >= 11 is 1.41. The first-order valence-corrected chi connectivity index (χ1v) is 7.32. The monoisotopic (exact) mass is 276 g/mol. The van der Waals surface area contributed by atoms with Gasteiger partial charge in [0.2, 0.25) is 5.13 Å². The highest BCUT2D eigenvalue weighted by atomic mass is 32.1. The first-order chi connectivity index (χ1) is 9.16. The quantitative estimate of drug-likeness (QED) is 0.850. The van der Waals surface area contributed by atoms with Crippen molar-refractivity contribution in [1.29, 1.82) is 0 Å². The van der Waals surface area contributed by atoms with Gasteiger partial charge in [0.1, 0.15) is 5.82 Å². The van der Waals surface area contributed by atoms with Gasteiger partial charge < -0.3 is 11.1 Å². The van der Waals surface area contributed by atoms with Crippen LogP contribution in [0.2, 0.25) is 0 Å². The summed E-state index contributed by atoms with van der Waals surface area (Å²) in [6.45, 7) is 5.00. The fourth-order valence-electron chi connectivity index (χ4n) is 1.74. The Morgan fingerprint density at radius 3 is 2.63 bits per heavy atom. The molecule has 0 amide bonds. The molecule has 1 heterocycles. The molecule has 0 aliphatic rings. The van der Waals surface area contributed by atoms with Gasteiger partial charge in [-0.2, -0.15) is 4.37 Å². The van der Waals surface area contributed by atoms with Gasteiger partial charge in [-0.1, -0.05) is 44.2 Å². The number of benzene rings is 1. The highest BCUT2D eigenvalue weighted by Gasteiger charge is 2.08. The van der Waals surface area contributed by atoms with E-state index in [-0.39, 0.29) is 6.04 Å². The van der Waals surface area contributed by atoms with Crippen LogP contribution in [0.15, 0.2) is 30.3 Å². The molecule has 2 aromatic rings. The van der Waals surface area contributed by atoms with E-state index in [1.807, 2.05) is 18.2 Å². The number of nitrogens with two attached hydrogens (primary N) is 1. The van der Waals surface area contributed by atoms with Crippen molar-refractivity contribution in [2.24, 2.45) is 5.73 Å². The number of hydrogen-bond donors (Lipinski definition) is 2. The fourth-order valence-corrected chi connectivity index (χ4v) is 2.48. The Balaban J connectivity index is 1.80.